The molecular formula is C20H22BrNO2S. The summed E-state index contributed by atoms with van der Waals surface area (Å²) in [7, 11) is 1.68. The van der Waals surface area contributed by atoms with Crippen molar-refractivity contribution in [1.29, 1.82) is 0 Å². The molecule has 1 fully saturated rings. The van der Waals surface area contributed by atoms with Gasteiger partial charge in [-0.15, -0.1) is 11.8 Å². The highest BCUT2D eigenvalue weighted by Gasteiger charge is 2.35. The highest BCUT2D eigenvalue weighted by molar-refractivity contribution is 9.10. The second-order valence-electron chi connectivity index (χ2n) is 6.01. The minimum atomic E-state index is -0.0967. The predicted molar refractivity (Wildman–Crippen MR) is 107 cm³/mol. The van der Waals surface area contributed by atoms with Gasteiger partial charge in [0.05, 0.1) is 13.0 Å². The van der Waals surface area contributed by atoms with Crippen molar-refractivity contribution < 1.29 is 9.53 Å². The minimum absolute atomic E-state index is 0.00212. The van der Waals surface area contributed by atoms with Crippen LogP contribution in [0.15, 0.2) is 53.0 Å². The normalized spacial score (nSPS) is 18.2. The third-order valence-electron chi connectivity index (χ3n) is 4.54. The van der Waals surface area contributed by atoms with Gasteiger partial charge in [0, 0.05) is 22.3 Å². The van der Waals surface area contributed by atoms with E-state index in [1.165, 1.54) is 0 Å². The first-order valence-electron chi connectivity index (χ1n) is 8.46. The summed E-state index contributed by atoms with van der Waals surface area (Å²) >= 11 is 5.34. The molecule has 1 heterocycles. The fourth-order valence-corrected chi connectivity index (χ4v) is 4.95. The summed E-state index contributed by atoms with van der Waals surface area (Å²) < 4.78 is 6.54. The molecule has 1 amide bonds. The van der Waals surface area contributed by atoms with Crippen LogP contribution in [0.3, 0.4) is 0 Å². The van der Waals surface area contributed by atoms with Crippen LogP contribution in [0.25, 0.3) is 0 Å². The lowest BCUT2D eigenvalue weighted by molar-refractivity contribution is -0.133. The van der Waals surface area contributed by atoms with Crippen molar-refractivity contribution >= 4 is 33.6 Å². The molecule has 1 aliphatic rings. The Hall–Kier alpha value is -1.46. The number of halogens is 1. The number of benzene rings is 2. The maximum absolute atomic E-state index is 13.3. The molecule has 0 radical (unpaired) electrons. The van der Waals surface area contributed by atoms with E-state index in [0.717, 1.165) is 40.1 Å². The van der Waals surface area contributed by atoms with E-state index in [4.69, 9.17) is 4.74 Å². The Balaban J connectivity index is 1.91. The van der Waals surface area contributed by atoms with E-state index >= 15 is 0 Å². The quantitative estimate of drug-likeness (QED) is 0.664. The van der Waals surface area contributed by atoms with Gasteiger partial charge in [0.1, 0.15) is 11.1 Å². The highest BCUT2D eigenvalue weighted by Crippen LogP contribution is 2.44. The van der Waals surface area contributed by atoms with Crippen LogP contribution in [0.1, 0.15) is 35.8 Å². The second-order valence-corrected chi connectivity index (χ2v) is 8.12. The van der Waals surface area contributed by atoms with E-state index in [1.807, 2.05) is 47.4 Å². The van der Waals surface area contributed by atoms with Gasteiger partial charge in [-0.3, -0.25) is 4.79 Å². The molecule has 1 saturated heterocycles. The summed E-state index contributed by atoms with van der Waals surface area (Å²) in [6, 6.07) is 16.1. The highest BCUT2D eigenvalue weighted by atomic mass is 79.9. The number of ether oxygens (including phenoxy) is 1. The molecule has 0 saturated carbocycles. The molecule has 0 bridgehead atoms. The topological polar surface area (TPSA) is 29.5 Å². The molecule has 0 aliphatic carbocycles. The van der Waals surface area contributed by atoms with Crippen LogP contribution < -0.4 is 4.74 Å². The molecule has 25 heavy (non-hydrogen) atoms. The Labute approximate surface area is 161 Å². The summed E-state index contributed by atoms with van der Waals surface area (Å²) in [5.41, 5.74) is 2.14. The molecule has 0 aromatic heterocycles. The van der Waals surface area contributed by atoms with Gasteiger partial charge in [-0.1, -0.05) is 53.2 Å². The number of nitrogens with zero attached hydrogens (tertiary/aromatic N) is 1. The summed E-state index contributed by atoms with van der Waals surface area (Å²) in [5, 5.41) is -0.00212. The second kappa shape index (κ2) is 8.28. The Kier molecular flexibility index (Phi) is 6.07. The monoisotopic (exact) mass is 419 g/mol. The molecule has 5 heteroatoms. The summed E-state index contributed by atoms with van der Waals surface area (Å²) in [6.07, 6.45) is 0.798. The van der Waals surface area contributed by atoms with Gasteiger partial charge in [-0.2, -0.15) is 0 Å². The predicted octanol–water partition coefficient (Wildman–Crippen LogP) is 5.23. The number of hydrogen-bond donors (Lipinski definition) is 0. The molecule has 2 unspecified atom stereocenters. The van der Waals surface area contributed by atoms with Crippen LogP contribution in [-0.4, -0.2) is 30.2 Å². The zero-order valence-corrected chi connectivity index (χ0v) is 16.8. The standard InChI is InChI=1S/C20H22BrNO2S/c1-3-16(14-7-5-4-6-8-14)19(23)22-11-12-25-20(22)17-13-15(21)9-10-18(17)24-2/h4-10,13,16,20H,3,11-12H2,1-2H3. The molecule has 1 aliphatic heterocycles. The molecule has 3 rings (SSSR count). The van der Waals surface area contributed by atoms with Crippen molar-refractivity contribution in [2.24, 2.45) is 0 Å². The lowest BCUT2D eigenvalue weighted by Gasteiger charge is -2.29. The lowest BCUT2D eigenvalue weighted by Crippen LogP contribution is -2.34. The van der Waals surface area contributed by atoms with Crippen LogP contribution in [-0.2, 0) is 4.79 Å². The number of hydrogen-bond acceptors (Lipinski definition) is 3. The van der Waals surface area contributed by atoms with Crippen molar-refractivity contribution in [1.82, 2.24) is 4.90 Å². The van der Waals surface area contributed by atoms with E-state index < -0.39 is 0 Å². The summed E-state index contributed by atoms with van der Waals surface area (Å²) in [4.78, 5) is 15.3. The van der Waals surface area contributed by atoms with Gasteiger partial charge in [-0.25, -0.2) is 0 Å². The molecule has 3 nitrogen and oxygen atoms in total. The van der Waals surface area contributed by atoms with Crippen molar-refractivity contribution in [3.63, 3.8) is 0 Å². The van der Waals surface area contributed by atoms with Crippen molar-refractivity contribution in [2.45, 2.75) is 24.6 Å². The zero-order valence-electron chi connectivity index (χ0n) is 14.4. The lowest BCUT2D eigenvalue weighted by atomic mass is 9.94. The van der Waals surface area contributed by atoms with Crippen LogP contribution in [0.4, 0.5) is 0 Å². The van der Waals surface area contributed by atoms with Gasteiger partial charge < -0.3 is 9.64 Å². The minimum Gasteiger partial charge on any atom is -0.496 e. The molecule has 0 spiro atoms. The van der Waals surface area contributed by atoms with Gasteiger partial charge in [0.15, 0.2) is 0 Å². The number of rotatable bonds is 5. The first kappa shape index (κ1) is 18.3. The zero-order chi connectivity index (χ0) is 17.8. The first-order valence-corrected chi connectivity index (χ1v) is 10.3. The van der Waals surface area contributed by atoms with Crippen LogP contribution in [0.2, 0.25) is 0 Å². The van der Waals surface area contributed by atoms with Crippen LogP contribution in [0, 0.1) is 0 Å². The number of amides is 1. The fraction of sp³-hybridized carbons (Fsp3) is 0.350. The van der Waals surface area contributed by atoms with Gasteiger partial charge >= 0.3 is 0 Å². The van der Waals surface area contributed by atoms with E-state index in [2.05, 4.69) is 28.9 Å². The van der Waals surface area contributed by atoms with Crippen molar-refractivity contribution in [3.8, 4) is 5.75 Å². The van der Waals surface area contributed by atoms with Gasteiger partial charge in [-0.05, 0) is 30.2 Å². The molecule has 2 aromatic rings. The SMILES string of the molecule is CCC(C(=O)N1CCSC1c1cc(Br)ccc1OC)c1ccccc1. The molecule has 2 aromatic carbocycles. The maximum Gasteiger partial charge on any atom is 0.231 e. The molecule has 132 valence electrons. The number of carbonyl (C=O) groups excluding carboxylic acids is 1. The molecular weight excluding hydrogens is 398 g/mol. The van der Waals surface area contributed by atoms with Crippen LogP contribution in [0.5, 0.6) is 5.75 Å². The van der Waals surface area contributed by atoms with Gasteiger partial charge in [0.2, 0.25) is 5.91 Å². The smallest absolute Gasteiger partial charge is 0.231 e. The Morgan fingerprint density at radius 3 is 2.76 bits per heavy atom. The molecule has 2 atom stereocenters. The van der Waals surface area contributed by atoms with E-state index in [0.29, 0.717) is 0 Å². The largest absolute Gasteiger partial charge is 0.496 e. The van der Waals surface area contributed by atoms with Crippen LogP contribution >= 0.6 is 27.7 Å². The Morgan fingerprint density at radius 1 is 1.32 bits per heavy atom. The Morgan fingerprint density at radius 2 is 2.08 bits per heavy atom. The third kappa shape index (κ3) is 3.87. The van der Waals surface area contributed by atoms with E-state index in [9.17, 15) is 4.79 Å². The maximum atomic E-state index is 13.3. The number of methoxy groups -OCH3 is 1. The fourth-order valence-electron chi connectivity index (χ4n) is 3.29. The van der Waals surface area contributed by atoms with Crippen molar-refractivity contribution in [3.05, 3.63) is 64.1 Å². The van der Waals surface area contributed by atoms with E-state index in [1.54, 1.807) is 18.9 Å². The molecule has 0 N–H and O–H groups in total. The summed E-state index contributed by atoms with van der Waals surface area (Å²) in [5.74, 6) is 1.87. The average Bonchev–Trinajstić information content (AvgIpc) is 3.12. The Bertz CT molecular complexity index is 738. The first-order chi connectivity index (χ1) is 12.2. The number of thioether (sulfide) groups is 1. The number of carbonyl (C=O) groups is 1. The third-order valence-corrected chi connectivity index (χ3v) is 6.28. The van der Waals surface area contributed by atoms with E-state index in [-0.39, 0.29) is 17.2 Å². The average molecular weight is 420 g/mol. The van der Waals surface area contributed by atoms with Crippen molar-refractivity contribution in [2.75, 3.05) is 19.4 Å². The van der Waals surface area contributed by atoms with Gasteiger partial charge in [0.25, 0.3) is 0 Å². The summed E-state index contributed by atoms with van der Waals surface area (Å²) in [6.45, 7) is 2.85.